The number of benzene rings is 2. The van der Waals surface area contributed by atoms with Gasteiger partial charge in [0.2, 0.25) is 5.96 Å². The molecule has 1 aliphatic rings. The predicted molar refractivity (Wildman–Crippen MR) is 99.1 cm³/mol. The van der Waals surface area contributed by atoms with E-state index in [-0.39, 0.29) is 12.4 Å². The largest absolute Gasteiger partial charge is 0.463 e. The molecule has 0 amide bonds. The molecule has 0 saturated heterocycles. The van der Waals surface area contributed by atoms with Gasteiger partial charge in [0.25, 0.3) is 0 Å². The van der Waals surface area contributed by atoms with Crippen molar-refractivity contribution in [3.05, 3.63) is 77.2 Å². The van der Waals surface area contributed by atoms with E-state index < -0.39 is 12.0 Å². The SMILES string of the molecule is CCOC(=O)C1=C(C)NC(Nc2ccccc2)=NC1c1ccc(F)cc1. The third-order valence-electron chi connectivity index (χ3n) is 3.96. The van der Waals surface area contributed by atoms with Gasteiger partial charge in [0.15, 0.2) is 0 Å². The predicted octanol–water partition coefficient (Wildman–Crippen LogP) is 3.78. The van der Waals surface area contributed by atoms with Gasteiger partial charge < -0.3 is 15.4 Å². The highest BCUT2D eigenvalue weighted by Crippen LogP contribution is 2.31. The Bertz CT molecular complexity index is 845. The van der Waals surface area contributed by atoms with Crippen LogP contribution < -0.4 is 10.6 Å². The van der Waals surface area contributed by atoms with Crippen LogP contribution in [0.3, 0.4) is 0 Å². The zero-order valence-corrected chi connectivity index (χ0v) is 14.6. The fourth-order valence-electron chi connectivity index (χ4n) is 2.76. The first kappa shape index (κ1) is 17.7. The van der Waals surface area contributed by atoms with Crippen LogP contribution in [-0.2, 0) is 9.53 Å². The Balaban J connectivity index is 1.97. The van der Waals surface area contributed by atoms with Gasteiger partial charge in [0.05, 0.1) is 12.2 Å². The maximum Gasteiger partial charge on any atom is 0.338 e. The lowest BCUT2D eigenvalue weighted by molar-refractivity contribution is -0.138. The van der Waals surface area contributed by atoms with E-state index in [4.69, 9.17) is 4.74 Å². The minimum absolute atomic E-state index is 0.268. The lowest BCUT2D eigenvalue weighted by Crippen LogP contribution is -2.36. The Morgan fingerprint density at radius 3 is 2.54 bits per heavy atom. The van der Waals surface area contributed by atoms with Crippen molar-refractivity contribution in [3.8, 4) is 0 Å². The van der Waals surface area contributed by atoms with Crippen molar-refractivity contribution in [1.82, 2.24) is 5.32 Å². The van der Waals surface area contributed by atoms with E-state index in [0.717, 1.165) is 5.69 Å². The Morgan fingerprint density at radius 1 is 1.19 bits per heavy atom. The zero-order chi connectivity index (χ0) is 18.5. The Labute approximate surface area is 151 Å². The normalized spacial score (nSPS) is 16.6. The molecule has 1 heterocycles. The first-order valence-electron chi connectivity index (χ1n) is 8.38. The molecule has 0 saturated carbocycles. The number of rotatable bonds is 4. The first-order chi connectivity index (χ1) is 12.6. The summed E-state index contributed by atoms with van der Waals surface area (Å²) in [5, 5.41) is 6.30. The van der Waals surface area contributed by atoms with Crippen LogP contribution in [0, 0.1) is 5.82 Å². The molecule has 134 valence electrons. The highest BCUT2D eigenvalue weighted by Gasteiger charge is 2.30. The number of esters is 1. The molecule has 0 aromatic heterocycles. The first-order valence-corrected chi connectivity index (χ1v) is 8.38. The van der Waals surface area contributed by atoms with Crippen LogP contribution in [0.15, 0.2) is 70.9 Å². The molecule has 5 nitrogen and oxygen atoms in total. The number of ether oxygens (including phenoxy) is 1. The molecular formula is C20H20FN3O2. The molecule has 0 fully saturated rings. The van der Waals surface area contributed by atoms with Crippen molar-refractivity contribution < 1.29 is 13.9 Å². The fraction of sp³-hybridized carbons (Fsp3) is 0.200. The summed E-state index contributed by atoms with van der Waals surface area (Å²) < 4.78 is 18.5. The topological polar surface area (TPSA) is 62.7 Å². The van der Waals surface area contributed by atoms with E-state index >= 15 is 0 Å². The van der Waals surface area contributed by atoms with Crippen molar-refractivity contribution in [3.63, 3.8) is 0 Å². The molecule has 2 aromatic carbocycles. The summed E-state index contributed by atoms with van der Waals surface area (Å²) >= 11 is 0. The number of nitrogens with one attached hydrogen (secondary N) is 2. The molecular weight excluding hydrogens is 333 g/mol. The summed E-state index contributed by atoms with van der Waals surface area (Å²) in [6.45, 7) is 3.82. The monoisotopic (exact) mass is 353 g/mol. The average Bonchev–Trinajstić information content (AvgIpc) is 2.63. The Hall–Kier alpha value is -3.15. The van der Waals surface area contributed by atoms with Crippen molar-refractivity contribution in [2.24, 2.45) is 4.99 Å². The summed E-state index contributed by atoms with van der Waals surface area (Å²) in [7, 11) is 0. The summed E-state index contributed by atoms with van der Waals surface area (Å²) in [5.41, 5.74) is 2.63. The number of anilines is 1. The van der Waals surface area contributed by atoms with Gasteiger partial charge >= 0.3 is 5.97 Å². The molecule has 0 radical (unpaired) electrons. The lowest BCUT2D eigenvalue weighted by atomic mass is 9.96. The van der Waals surface area contributed by atoms with Crippen molar-refractivity contribution >= 4 is 17.6 Å². The van der Waals surface area contributed by atoms with Crippen LogP contribution in [0.4, 0.5) is 10.1 Å². The second-order valence-corrected chi connectivity index (χ2v) is 5.81. The molecule has 1 atom stereocenters. The molecule has 0 spiro atoms. The number of hydrogen-bond acceptors (Lipinski definition) is 5. The van der Waals surface area contributed by atoms with Crippen molar-refractivity contribution in [2.75, 3.05) is 11.9 Å². The summed E-state index contributed by atoms with van der Waals surface area (Å²) in [6.07, 6.45) is 0. The standard InChI is InChI=1S/C20H20FN3O2/c1-3-26-19(25)17-13(2)22-20(23-16-7-5-4-6-8-16)24-18(17)14-9-11-15(21)12-10-14/h4-12,18H,3H2,1-2H3,(H2,22,23,24). The number of aliphatic imine (C=N–C) groups is 1. The van der Waals surface area contributed by atoms with Crippen LogP contribution in [0.25, 0.3) is 0 Å². The number of carbonyl (C=O) groups excluding carboxylic acids is 1. The highest BCUT2D eigenvalue weighted by atomic mass is 19.1. The zero-order valence-electron chi connectivity index (χ0n) is 14.6. The van der Waals surface area contributed by atoms with Crippen molar-refractivity contribution in [2.45, 2.75) is 19.9 Å². The minimum atomic E-state index is -0.581. The number of para-hydroxylation sites is 1. The minimum Gasteiger partial charge on any atom is -0.463 e. The quantitative estimate of drug-likeness (QED) is 0.821. The maximum atomic E-state index is 13.3. The molecule has 6 heteroatoms. The second-order valence-electron chi connectivity index (χ2n) is 5.81. The third-order valence-corrected chi connectivity index (χ3v) is 3.96. The van der Waals surface area contributed by atoms with Gasteiger partial charge in [0, 0.05) is 11.4 Å². The molecule has 2 N–H and O–H groups in total. The number of allylic oxidation sites excluding steroid dienone is 1. The van der Waals surface area contributed by atoms with E-state index in [0.29, 0.717) is 22.8 Å². The molecule has 3 rings (SSSR count). The van der Waals surface area contributed by atoms with Crippen molar-refractivity contribution in [1.29, 1.82) is 0 Å². The van der Waals surface area contributed by atoms with Crippen LogP contribution in [-0.4, -0.2) is 18.5 Å². The van der Waals surface area contributed by atoms with Crippen LogP contribution in [0.5, 0.6) is 0 Å². The average molecular weight is 353 g/mol. The van der Waals surface area contributed by atoms with Crippen LogP contribution in [0.2, 0.25) is 0 Å². The molecule has 1 unspecified atom stereocenters. The Morgan fingerprint density at radius 2 is 1.88 bits per heavy atom. The lowest BCUT2D eigenvalue weighted by Gasteiger charge is -2.26. The molecule has 0 bridgehead atoms. The summed E-state index contributed by atoms with van der Waals surface area (Å²) in [6, 6.07) is 15.0. The molecule has 2 aromatic rings. The summed E-state index contributed by atoms with van der Waals surface area (Å²) in [5.74, 6) is -0.266. The van der Waals surface area contributed by atoms with E-state index in [2.05, 4.69) is 15.6 Å². The van der Waals surface area contributed by atoms with Gasteiger partial charge in [0.1, 0.15) is 11.9 Å². The van der Waals surface area contributed by atoms with Gasteiger partial charge in [-0.15, -0.1) is 0 Å². The number of hydrogen-bond donors (Lipinski definition) is 2. The third kappa shape index (κ3) is 3.91. The summed E-state index contributed by atoms with van der Waals surface area (Å²) in [4.78, 5) is 17.1. The van der Waals surface area contributed by atoms with Crippen LogP contribution >= 0.6 is 0 Å². The van der Waals surface area contributed by atoms with Gasteiger partial charge in [-0.05, 0) is 43.7 Å². The Kier molecular flexibility index (Phi) is 5.31. The number of nitrogens with zero attached hydrogens (tertiary/aromatic N) is 1. The van der Waals surface area contributed by atoms with E-state index in [9.17, 15) is 9.18 Å². The molecule has 26 heavy (non-hydrogen) atoms. The van der Waals surface area contributed by atoms with E-state index in [1.165, 1.54) is 12.1 Å². The van der Waals surface area contributed by atoms with Crippen LogP contribution in [0.1, 0.15) is 25.5 Å². The molecule has 0 aliphatic carbocycles. The second kappa shape index (κ2) is 7.82. The fourth-order valence-corrected chi connectivity index (χ4v) is 2.76. The van der Waals surface area contributed by atoms with Gasteiger partial charge in [-0.3, -0.25) is 0 Å². The number of carbonyl (C=O) groups is 1. The molecule has 1 aliphatic heterocycles. The van der Waals surface area contributed by atoms with Gasteiger partial charge in [-0.1, -0.05) is 30.3 Å². The van der Waals surface area contributed by atoms with E-state index in [1.54, 1.807) is 26.0 Å². The maximum absolute atomic E-state index is 13.3. The highest BCUT2D eigenvalue weighted by molar-refractivity contribution is 6.00. The number of guanidine groups is 1. The number of halogens is 1. The van der Waals surface area contributed by atoms with Gasteiger partial charge in [-0.25, -0.2) is 14.2 Å². The van der Waals surface area contributed by atoms with Gasteiger partial charge in [-0.2, -0.15) is 0 Å². The smallest absolute Gasteiger partial charge is 0.338 e. The van der Waals surface area contributed by atoms with E-state index in [1.807, 2.05) is 30.3 Å².